The van der Waals surface area contributed by atoms with Crippen molar-refractivity contribution in [3.8, 4) is 0 Å². The van der Waals surface area contributed by atoms with Gasteiger partial charge in [0.1, 0.15) is 0 Å². The van der Waals surface area contributed by atoms with Crippen LogP contribution in [0.5, 0.6) is 0 Å². The largest absolute Gasteiger partial charge is 0.356 e. The van der Waals surface area contributed by atoms with Gasteiger partial charge in [0.05, 0.1) is 11.6 Å². The summed E-state index contributed by atoms with van der Waals surface area (Å²) in [7, 11) is 0. The molecule has 1 aromatic rings. The molecule has 0 spiro atoms. The number of benzene rings is 1. The van der Waals surface area contributed by atoms with Crippen LogP contribution in [0.15, 0.2) is 28.7 Å². The first-order valence-electron chi connectivity index (χ1n) is 6.46. The van der Waals surface area contributed by atoms with Gasteiger partial charge in [0.2, 0.25) is 11.8 Å². The van der Waals surface area contributed by atoms with Gasteiger partial charge >= 0.3 is 0 Å². The minimum absolute atomic E-state index is 0.00329. The van der Waals surface area contributed by atoms with Crippen molar-refractivity contribution in [3.63, 3.8) is 0 Å². The Morgan fingerprint density at radius 1 is 1.47 bits per heavy atom. The van der Waals surface area contributed by atoms with E-state index in [-0.39, 0.29) is 24.2 Å². The number of nitrogens with one attached hydrogen (secondary N) is 1. The third-order valence-electron chi connectivity index (χ3n) is 3.19. The quantitative estimate of drug-likeness (QED) is 0.924. The molecule has 2 rings (SSSR count). The molecule has 0 saturated carbocycles. The summed E-state index contributed by atoms with van der Waals surface area (Å²) in [6.07, 6.45) is 1.19. The van der Waals surface area contributed by atoms with E-state index in [1.807, 2.05) is 31.2 Å². The number of rotatable bonds is 4. The molecule has 1 unspecified atom stereocenters. The first kappa shape index (κ1) is 14.1. The Kier molecular flexibility index (Phi) is 4.58. The number of hydrogen-bond acceptors (Lipinski definition) is 2. The van der Waals surface area contributed by atoms with E-state index in [4.69, 9.17) is 0 Å². The van der Waals surface area contributed by atoms with Crippen LogP contribution in [0, 0.1) is 5.92 Å². The smallest absolute Gasteiger partial charge is 0.227 e. The van der Waals surface area contributed by atoms with Crippen LogP contribution in [0.1, 0.15) is 19.8 Å². The SMILES string of the molecule is CCCNC(=O)C1CC(=O)N(c2ccccc2Br)C1. The van der Waals surface area contributed by atoms with Crippen LogP contribution in [0.4, 0.5) is 5.69 Å². The third kappa shape index (κ3) is 3.15. The first-order chi connectivity index (χ1) is 9.13. The lowest BCUT2D eigenvalue weighted by atomic mass is 10.1. The number of hydrogen-bond donors (Lipinski definition) is 1. The fourth-order valence-electron chi connectivity index (χ4n) is 2.18. The van der Waals surface area contributed by atoms with Gasteiger partial charge < -0.3 is 10.2 Å². The molecule has 1 N–H and O–H groups in total. The van der Waals surface area contributed by atoms with E-state index in [1.54, 1.807) is 4.90 Å². The summed E-state index contributed by atoms with van der Waals surface area (Å²) in [5.74, 6) is -0.264. The van der Waals surface area contributed by atoms with Crippen LogP contribution >= 0.6 is 15.9 Å². The van der Waals surface area contributed by atoms with Gasteiger partial charge in [-0.05, 0) is 34.5 Å². The Morgan fingerprint density at radius 3 is 2.89 bits per heavy atom. The summed E-state index contributed by atoms with van der Waals surface area (Å²) in [5, 5.41) is 2.85. The zero-order valence-corrected chi connectivity index (χ0v) is 12.4. The van der Waals surface area contributed by atoms with Crippen molar-refractivity contribution in [3.05, 3.63) is 28.7 Å². The third-order valence-corrected chi connectivity index (χ3v) is 3.86. The van der Waals surface area contributed by atoms with Gasteiger partial charge in [-0.1, -0.05) is 19.1 Å². The zero-order chi connectivity index (χ0) is 13.8. The van der Waals surface area contributed by atoms with E-state index in [9.17, 15) is 9.59 Å². The molecule has 1 aliphatic heterocycles. The molecule has 19 heavy (non-hydrogen) atoms. The molecule has 102 valence electrons. The molecule has 0 aromatic heterocycles. The normalized spacial score (nSPS) is 18.7. The number of halogens is 1. The molecule has 1 saturated heterocycles. The van der Waals surface area contributed by atoms with Crippen LogP contribution < -0.4 is 10.2 Å². The Bertz CT molecular complexity index is 490. The number of carbonyl (C=O) groups is 2. The molecule has 4 nitrogen and oxygen atoms in total. The van der Waals surface area contributed by atoms with Crippen molar-refractivity contribution in [2.24, 2.45) is 5.92 Å². The molecular formula is C14H17BrN2O2. The molecule has 1 aliphatic rings. The van der Waals surface area contributed by atoms with Crippen molar-refractivity contribution < 1.29 is 9.59 Å². The Morgan fingerprint density at radius 2 is 2.21 bits per heavy atom. The van der Waals surface area contributed by atoms with Gasteiger partial charge in [-0.2, -0.15) is 0 Å². The lowest BCUT2D eigenvalue weighted by Crippen LogP contribution is -2.33. The van der Waals surface area contributed by atoms with Crippen LogP contribution in [0.3, 0.4) is 0 Å². The first-order valence-corrected chi connectivity index (χ1v) is 7.25. The molecule has 0 radical (unpaired) electrons. The molecular weight excluding hydrogens is 308 g/mol. The van der Waals surface area contributed by atoms with Gasteiger partial charge in [-0.3, -0.25) is 9.59 Å². The van der Waals surface area contributed by atoms with Gasteiger partial charge in [0.15, 0.2) is 0 Å². The highest BCUT2D eigenvalue weighted by Crippen LogP contribution is 2.31. The lowest BCUT2D eigenvalue weighted by molar-refractivity contribution is -0.126. The summed E-state index contributed by atoms with van der Waals surface area (Å²) >= 11 is 3.44. The predicted molar refractivity (Wildman–Crippen MR) is 77.9 cm³/mol. The fraction of sp³-hybridized carbons (Fsp3) is 0.429. The van der Waals surface area contributed by atoms with E-state index in [0.29, 0.717) is 13.1 Å². The van der Waals surface area contributed by atoms with Crippen molar-refractivity contribution in [2.45, 2.75) is 19.8 Å². The molecule has 1 fully saturated rings. The highest BCUT2D eigenvalue weighted by Gasteiger charge is 2.35. The van der Waals surface area contributed by atoms with Crippen molar-refractivity contribution in [2.75, 3.05) is 18.0 Å². The van der Waals surface area contributed by atoms with Gasteiger partial charge in [0.25, 0.3) is 0 Å². The molecule has 1 atom stereocenters. The molecule has 5 heteroatoms. The average molecular weight is 325 g/mol. The van der Waals surface area contributed by atoms with E-state index in [2.05, 4.69) is 21.2 Å². The fourth-order valence-corrected chi connectivity index (χ4v) is 2.68. The summed E-state index contributed by atoms with van der Waals surface area (Å²) < 4.78 is 0.873. The van der Waals surface area contributed by atoms with Crippen LogP contribution in [0.2, 0.25) is 0 Å². The summed E-state index contributed by atoms with van der Waals surface area (Å²) in [6, 6.07) is 7.57. The standard InChI is InChI=1S/C14H17BrN2O2/c1-2-7-16-14(19)10-8-13(18)17(9-10)12-6-4-3-5-11(12)15/h3-6,10H,2,7-9H2,1H3,(H,16,19). The highest BCUT2D eigenvalue weighted by atomic mass is 79.9. The zero-order valence-electron chi connectivity index (χ0n) is 10.9. The minimum atomic E-state index is -0.244. The average Bonchev–Trinajstić information content (AvgIpc) is 2.78. The lowest BCUT2D eigenvalue weighted by Gasteiger charge is -2.18. The van der Waals surface area contributed by atoms with Crippen LogP contribution in [-0.4, -0.2) is 24.9 Å². The van der Waals surface area contributed by atoms with Gasteiger partial charge in [0, 0.05) is 24.0 Å². The van der Waals surface area contributed by atoms with Crippen LogP contribution in [0.25, 0.3) is 0 Å². The summed E-state index contributed by atoms with van der Waals surface area (Å²) in [5.41, 5.74) is 0.832. The second kappa shape index (κ2) is 6.19. The second-order valence-corrected chi connectivity index (χ2v) is 5.50. The van der Waals surface area contributed by atoms with E-state index < -0.39 is 0 Å². The Balaban J connectivity index is 2.08. The van der Waals surface area contributed by atoms with Crippen LogP contribution in [-0.2, 0) is 9.59 Å². The molecule has 2 amide bonds. The maximum atomic E-state index is 12.0. The molecule has 0 bridgehead atoms. The monoisotopic (exact) mass is 324 g/mol. The Labute approximate surface area is 121 Å². The predicted octanol–water partition coefficient (Wildman–Crippen LogP) is 2.33. The second-order valence-electron chi connectivity index (χ2n) is 4.65. The number of anilines is 1. The summed E-state index contributed by atoms with van der Waals surface area (Å²) in [4.78, 5) is 25.6. The topological polar surface area (TPSA) is 49.4 Å². The number of para-hydroxylation sites is 1. The van der Waals surface area contributed by atoms with Gasteiger partial charge in [-0.25, -0.2) is 0 Å². The van der Waals surface area contributed by atoms with Crippen molar-refractivity contribution >= 4 is 33.4 Å². The highest BCUT2D eigenvalue weighted by molar-refractivity contribution is 9.10. The molecule has 0 aliphatic carbocycles. The number of carbonyl (C=O) groups excluding carboxylic acids is 2. The summed E-state index contributed by atoms with van der Waals surface area (Å²) in [6.45, 7) is 3.13. The number of nitrogens with zero attached hydrogens (tertiary/aromatic N) is 1. The van der Waals surface area contributed by atoms with E-state index in [1.165, 1.54) is 0 Å². The maximum absolute atomic E-state index is 12.0. The van der Waals surface area contributed by atoms with E-state index >= 15 is 0 Å². The molecule has 1 aromatic carbocycles. The maximum Gasteiger partial charge on any atom is 0.227 e. The minimum Gasteiger partial charge on any atom is -0.356 e. The van der Waals surface area contributed by atoms with Crippen molar-refractivity contribution in [1.82, 2.24) is 5.32 Å². The van der Waals surface area contributed by atoms with E-state index in [0.717, 1.165) is 16.6 Å². The number of amides is 2. The van der Waals surface area contributed by atoms with Gasteiger partial charge in [-0.15, -0.1) is 0 Å². The molecule has 1 heterocycles. The van der Waals surface area contributed by atoms with Crippen molar-refractivity contribution in [1.29, 1.82) is 0 Å². The Hall–Kier alpha value is -1.36.